The van der Waals surface area contributed by atoms with Gasteiger partial charge < -0.3 is 15.4 Å². The number of hydrogen-bond donors (Lipinski definition) is 2. The number of benzene rings is 2. The van der Waals surface area contributed by atoms with Gasteiger partial charge in [0, 0.05) is 33.9 Å². The molecule has 2 rings (SSSR count). The number of amides is 2. The van der Waals surface area contributed by atoms with Crippen molar-refractivity contribution >= 4 is 52.4 Å². The van der Waals surface area contributed by atoms with Crippen LogP contribution in [0.25, 0.3) is 0 Å². The minimum absolute atomic E-state index is 0.137. The fourth-order valence-electron chi connectivity index (χ4n) is 2.22. The fraction of sp³-hybridized carbons (Fsp3) is 0.211. The molecule has 0 fully saturated rings. The number of ether oxygens (including phenoxy) is 1. The number of esters is 1. The number of carbonyl (C=O) groups excluding carboxylic acids is 3. The minimum atomic E-state index is -1.01. The largest absolute Gasteiger partial charge is 0.452 e. The van der Waals surface area contributed by atoms with Gasteiger partial charge in [0.15, 0.2) is 6.10 Å². The van der Waals surface area contributed by atoms with Gasteiger partial charge in [-0.1, -0.05) is 29.3 Å². The second kappa shape index (κ2) is 9.39. The van der Waals surface area contributed by atoms with Gasteiger partial charge in [-0.15, -0.1) is 0 Å². The number of halogens is 2. The van der Waals surface area contributed by atoms with E-state index in [0.717, 1.165) is 0 Å². The summed E-state index contributed by atoms with van der Waals surface area (Å²) in [4.78, 5) is 35.3. The van der Waals surface area contributed by atoms with Crippen LogP contribution in [0, 0.1) is 0 Å². The first-order chi connectivity index (χ1) is 12.8. The van der Waals surface area contributed by atoms with E-state index in [2.05, 4.69) is 10.6 Å². The van der Waals surface area contributed by atoms with E-state index >= 15 is 0 Å². The van der Waals surface area contributed by atoms with Crippen molar-refractivity contribution in [2.45, 2.75) is 26.4 Å². The maximum atomic E-state index is 12.2. The van der Waals surface area contributed by atoms with Crippen LogP contribution in [0.15, 0.2) is 42.5 Å². The van der Waals surface area contributed by atoms with Crippen molar-refractivity contribution in [3.05, 3.63) is 58.1 Å². The normalized spacial score (nSPS) is 11.4. The van der Waals surface area contributed by atoms with E-state index < -0.39 is 18.0 Å². The summed E-state index contributed by atoms with van der Waals surface area (Å²) < 4.78 is 5.15. The molecule has 0 unspecified atom stereocenters. The lowest BCUT2D eigenvalue weighted by Gasteiger charge is -2.14. The molecule has 0 bridgehead atoms. The molecular formula is C19H18Cl2N2O4. The first kappa shape index (κ1) is 20.7. The van der Waals surface area contributed by atoms with Gasteiger partial charge in [0.25, 0.3) is 5.91 Å². The van der Waals surface area contributed by atoms with E-state index in [9.17, 15) is 14.4 Å². The molecule has 0 spiro atoms. The number of rotatable bonds is 6. The second-order valence-electron chi connectivity index (χ2n) is 5.76. The monoisotopic (exact) mass is 408 g/mol. The summed E-state index contributed by atoms with van der Waals surface area (Å²) in [5.41, 5.74) is 1.56. The lowest BCUT2D eigenvalue weighted by molar-refractivity contribution is -0.152. The Labute approximate surface area is 166 Å². The molecule has 1 atom stereocenters. The van der Waals surface area contributed by atoms with Crippen LogP contribution < -0.4 is 10.6 Å². The molecule has 0 heterocycles. The number of carbonyl (C=O) groups is 3. The van der Waals surface area contributed by atoms with Gasteiger partial charge in [0.05, 0.1) is 6.42 Å². The zero-order chi connectivity index (χ0) is 20.0. The average Bonchev–Trinajstić information content (AvgIpc) is 2.59. The third kappa shape index (κ3) is 6.27. The molecule has 2 amide bonds. The summed E-state index contributed by atoms with van der Waals surface area (Å²) in [7, 11) is 0. The van der Waals surface area contributed by atoms with Gasteiger partial charge in [-0.05, 0) is 43.3 Å². The molecule has 6 nitrogen and oxygen atoms in total. The van der Waals surface area contributed by atoms with Crippen LogP contribution in [-0.2, 0) is 25.5 Å². The Bertz CT molecular complexity index is 833. The Morgan fingerprint density at radius 1 is 0.963 bits per heavy atom. The van der Waals surface area contributed by atoms with Crippen molar-refractivity contribution < 1.29 is 19.1 Å². The van der Waals surface area contributed by atoms with E-state index in [1.165, 1.54) is 13.8 Å². The lowest BCUT2D eigenvalue weighted by atomic mass is 10.1. The molecule has 0 saturated carbocycles. The van der Waals surface area contributed by atoms with Gasteiger partial charge in [0.2, 0.25) is 5.91 Å². The van der Waals surface area contributed by atoms with Crippen molar-refractivity contribution in [3.8, 4) is 0 Å². The maximum Gasteiger partial charge on any atom is 0.311 e. The third-order valence-corrected chi connectivity index (χ3v) is 4.24. The Morgan fingerprint density at radius 2 is 1.48 bits per heavy atom. The molecule has 8 heteroatoms. The van der Waals surface area contributed by atoms with Crippen molar-refractivity contribution in [2.75, 3.05) is 10.6 Å². The van der Waals surface area contributed by atoms with Crippen LogP contribution in [0.3, 0.4) is 0 Å². The molecule has 2 N–H and O–H groups in total. The van der Waals surface area contributed by atoms with E-state index in [-0.39, 0.29) is 12.3 Å². The lowest BCUT2D eigenvalue weighted by Crippen LogP contribution is -2.30. The highest BCUT2D eigenvalue weighted by atomic mass is 35.5. The fourth-order valence-corrected chi connectivity index (χ4v) is 2.75. The van der Waals surface area contributed by atoms with Gasteiger partial charge in [-0.2, -0.15) is 0 Å². The predicted molar refractivity (Wildman–Crippen MR) is 105 cm³/mol. The van der Waals surface area contributed by atoms with Gasteiger partial charge in [-0.3, -0.25) is 14.4 Å². The molecule has 142 valence electrons. The second-order valence-corrected chi connectivity index (χ2v) is 6.57. The quantitative estimate of drug-likeness (QED) is 0.705. The highest BCUT2D eigenvalue weighted by molar-refractivity contribution is 6.36. The maximum absolute atomic E-state index is 12.2. The van der Waals surface area contributed by atoms with Gasteiger partial charge in [-0.25, -0.2) is 0 Å². The van der Waals surface area contributed by atoms with Crippen molar-refractivity contribution in [1.29, 1.82) is 0 Å². The number of hydrogen-bond acceptors (Lipinski definition) is 4. The van der Waals surface area contributed by atoms with E-state index in [0.29, 0.717) is 27.0 Å². The molecule has 2 aromatic carbocycles. The Kier molecular flexibility index (Phi) is 7.21. The topological polar surface area (TPSA) is 84.5 Å². The van der Waals surface area contributed by atoms with Crippen LogP contribution in [-0.4, -0.2) is 23.9 Å². The summed E-state index contributed by atoms with van der Waals surface area (Å²) in [6.07, 6.45) is -1.14. The van der Waals surface area contributed by atoms with Crippen molar-refractivity contribution in [2.24, 2.45) is 0 Å². The zero-order valence-corrected chi connectivity index (χ0v) is 16.2. The van der Waals surface area contributed by atoms with E-state index in [1.54, 1.807) is 42.5 Å². The molecule has 0 aliphatic carbocycles. The first-order valence-electron chi connectivity index (χ1n) is 8.07. The number of anilines is 2. The van der Waals surface area contributed by atoms with Crippen molar-refractivity contribution in [3.63, 3.8) is 0 Å². The average molecular weight is 409 g/mol. The Hall–Kier alpha value is -2.57. The highest BCUT2D eigenvalue weighted by Crippen LogP contribution is 2.25. The molecule has 0 aliphatic rings. The third-order valence-electron chi connectivity index (χ3n) is 3.53. The summed E-state index contributed by atoms with van der Waals surface area (Å²) in [5.74, 6) is -1.29. The van der Waals surface area contributed by atoms with Crippen LogP contribution in [0.2, 0.25) is 10.0 Å². The highest BCUT2D eigenvalue weighted by Gasteiger charge is 2.20. The van der Waals surface area contributed by atoms with Crippen LogP contribution in [0.1, 0.15) is 19.4 Å². The predicted octanol–water partition coefficient (Wildman–Crippen LogP) is 4.06. The standard InChI is InChI=1S/C19H18Cl2N2O4/c1-11(27-18(25)10-15-16(20)4-3-5-17(15)21)19(26)23-14-8-6-13(7-9-14)22-12(2)24/h3-9,11H,10H2,1-2H3,(H,22,24)(H,23,26)/t11-/m1/s1. The summed E-state index contributed by atoms with van der Waals surface area (Å²) in [6.45, 7) is 2.87. The molecule has 27 heavy (non-hydrogen) atoms. The molecule has 0 aromatic heterocycles. The summed E-state index contributed by atoms with van der Waals surface area (Å²) >= 11 is 12.1. The summed E-state index contributed by atoms with van der Waals surface area (Å²) in [6, 6.07) is 11.5. The van der Waals surface area contributed by atoms with Gasteiger partial charge in [0.1, 0.15) is 0 Å². The first-order valence-corrected chi connectivity index (χ1v) is 8.82. The molecule has 2 aromatic rings. The minimum Gasteiger partial charge on any atom is -0.452 e. The zero-order valence-electron chi connectivity index (χ0n) is 14.7. The van der Waals surface area contributed by atoms with E-state index in [4.69, 9.17) is 27.9 Å². The number of nitrogens with one attached hydrogen (secondary N) is 2. The van der Waals surface area contributed by atoms with E-state index in [1.807, 2.05) is 0 Å². The van der Waals surface area contributed by atoms with Crippen molar-refractivity contribution in [1.82, 2.24) is 0 Å². The summed E-state index contributed by atoms with van der Waals surface area (Å²) in [5, 5.41) is 5.97. The molecule has 0 radical (unpaired) electrons. The molecule has 0 saturated heterocycles. The molecule has 0 aliphatic heterocycles. The van der Waals surface area contributed by atoms with Gasteiger partial charge >= 0.3 is 5.97 Å². The smallest absolute Gasteiger partial charge is 0.311 e. The Balaban J connectivity index is 1.91. The Morgan fingerprint density at radius 3 is 2.00 bits per heavy atom. The molecular weight excluding hydrogens is 391 g/mol. The SMILES string of the molecule is CC(=O)Nc1ccc(NC(=O)[C@@H](C)OC(=O)Cc2c(Cl)cccc2Cl)cc1. The van der Waals surface area contributed by atoms with Crippen LogP contribution >= 0.6 is 23.2 Å². The van der Waals surface area contributed by atoms with Crippen LogP contribution in [0.4, 0.5) is 11.4 Å². The van der Waals surface area contributed by atoms with Crippen LogP contribution in [0.5, 0.6) is 0 Å².